The standard InChI is InChI=1S/C19H19N3O2S/c1-13(2)18-21-22-19(25-18)20-17(23)12-24-16-11-7-6-10-15(16)14-8-4-3-5-9-14/h3-11,13H,12H2,1-2H3,(H,20,22,23). The monoisotopic (exact) mass is 353 g/mol. The Morgan fingerprint density at radius 1 is 1.08 bits per heavy atom. The van der Waals surface area contributed by atoms with Crippen LogP contribution in [0.25, 0.3) is 11.1 Å². The largest absolute Gasteiger partial charge is 0.483 e. The van der Waals surface area contributed by atoms with Gasteiger partial charge in [-0.2, -0.15) is 0 Å². The van der Waals surface area contributed by atoms with Crippen molar-refractivity contribution in [3.63, 3.8) is 0 Å². The van der Waals surface area contributed by atoms with Crippen molar-refractivity contribution in [2.75, 3.05) is 11.9 Å². The number of amides is 1. The maximum atomic E-state index is 12.1. The van der Waals surface area contributed by atoms with E-state index in [1.807, 2.05) is 68.4 Å². The Morgan fingerprint density at radius 2 is 1.80 bits per heavy atom. The Hall–Kier alpha value is -2.73. The SMILES string of the molecule is CC(C)c1nnc(NC(=O)COc2ccccc2-c2ccccc2)s1. The Balaban J connectivity index is 1.64. The van der Waals surface area contributed by atoms with Crippen LogP contribution in [0, 0.1) is 0 Å². The summed E-state index contributed by atoms with van der Waals surface area (Å²) < 4.78 is 5.72. The third-order valence-electron chi connectivity index (χ3n) is 3.51. The normalized spacial score (nSPS) is 10.7. The number of nitrogens with one attached hydrogen (secondary N) is 1. The molecule has 1 aromatic heterocycles. The van der Waals surface area contributed by atoms with Crippen molar-refractivity contribution in [1.29, 1.82) is 0 Å². The van der Waals surface area contributed by atoms with Crippen molar-refractivity contribution < 1.29 is 9.53 Å². The molecule has 6 heteroatoms. The second-order valence-electron chi connectivity index (χ2n) is 5.80. The average molecular weight is 353 g/mol. The Kier molecular flexibility index (Phi) is 5.40. The van der Waals surface area contributed by atoms with Crippen LogP contribution in [0.5, 0.6) is 5.75 Å². The average Bonchev–Trinajstić information content (AvgIpc) is 3.10. The predicted molar refractivity (Wildman–Crippen MR) is 100 cm³/mol. The van der Waals surface area contributed by atoms with E-state index in [-0.39, 0.29) is 18.4 Å². The number of nitrogens with zero attached hydrogens (tertiary/aromatic N) is 2. The van der Waals surface area contributed by atoms with Gasteiger partial charge in [0.1, 0.15) is 10.8 Å². The molecule has 3 aromatic rings. The first kappa shape index (κ1) is 17.1. The van der Waals surface area contributed by atoms with Gasteiger partial charge in [-0.15, -0.1) is 10.2 Å². The summed E-state index contributed by atoms with van der Waals surface area (Å²) in [5.74, 6) is 0.704. The van der Waals surface area contributed by atoms with Gasteiger partial charge < -0.3 is 4.74 Å². The van der Waals surface area contributed by atoms with Crippen molar-refractivity contribution in [2.24, 2.45) is 0 Å². The number of ether oxygens (including phenoxy) is 1. The van der Waals surface area contributed by atoms with Crippen LogP contribution < -0.4 is 10.1 Å². The molecule has 0 aliphatic carbocycles. The molecule has 0 aliphatic rings. The van der Waals surface area contributed by atoms with Crippen LogP contribution in [0.4, 0.5) is 5.13 Å². The number of para-hydroxylation sites is 1. The van der Waals surface area contributed by atoms with Gasteiger partial charge in [0.15, 0.2) is 6.61 Å². The summed E-state index contributed by atoms with van der Waals surface area (Å²) in [4.78, 5) is 12.1. The van der Waals surface area contributed by atoms with Gasteiger partial charge in [-0.1, -0.05) is 73.7 Å². The highest BCUT2D eigenvalue weighted by Crippen LogP contribution is 2.29. The molecule has 0 fully saturated rings. The van der Waals surface area contributed by atoms with Gasteiger partial charge in [0, 0.05) is 11.5 Å². The number of carbonyl (C=O) groups excluding carboxylic acids is 1. The van der Waals surface area contributed by atoms with E-state index in [1.54, 1.807) is 0 Å². The molecule has 0 bridgehead atoms. The lowest BCUT2D eigenvalue weighted by atomic mass is 10.1. The number of hydrogen-bond acceptors (Lipinski definition) is 5. The van der Waals surface area contributed by atoms with Gasteiger partial charge in [-0.25, -0.2) is 0 Å². The zero-order chi connectivity index (χ0) is 17.6. The lowest BCUT2D eigenvalue weighted by Crippen LogP contribution is -2.20. The molecule has 0 unspecified atom stereocenters. The third-order valence-corrected chi connectivity index (χ3v) is 4.65. The van der Waals surface area contributed by atoms with Crippen LogP contribution in [0.2, 0.25) is 0 Å². The third kappa shape index (κ3) is 4.42. The van der Waals surface area contributed by atoms with Crippen LogP contribution in [0.15, 0.2) is 54.6 Å². The minimum Gasteiger partial charge on any atom is -0.483 e. The van der Waals surface area contributed by atoms with Crippen molar-refractivity contribution in [1.82, 2.24) is 10.2 Å². The molecule has 1 heterocycles. The molecule has 0 aliphatic heterocycles. The number of anilines is 1. The molecular weight excluding hydrogens is 334 g/mol. The van der Waals surface area contributed by atoms with Gasteiger partial charge in [0.25, 0.3) is 5.91 Å². The van der Waals surface area contributed by atoms with E-state index >= 15 is 0 Å². The van der Waals surface area contributed by atoms with E-state index in [0.717, 1.165) is 16.1 Å². The second kappa shape index (κ2) is 7.90. The lowest BCUT2D eigenvalue weighted by molar-refractivity contribution is -0.118. The minimum atomic E-state index is -0.255. The smallest absolute Gasteiger partial charge is 0.264 e. The highest BCUT2D eigenvalue weighted by Gasteiger charge is 2.12. The molecule has 0 atom stereocenters. The zero-order valence-corrected chi connectivity index (χ0v) is 14.9. The van der Waals surface area contributed by atoms with Crippen LogP contribution in [0.3, 0.4) is 0 Å². The fourth-order valence-corrected chi connectivity index (χ4v) is 3.03. The van der Waals surface area contributed by atoms with E-state index in [1.165, 1.54) is 11.3 Å². The molecule has 25 heavy (non-hydrogen) atoms. The summed E-state index contributed by atoms with van der Waals surface area (Å²) in [7, 11) is 0. The first-order valence-corrected chi connectivity index (χ1v) is 8.85. The van der Waals surface area contributed by atoms with E-state index < -0.39 is 0 Å². The highest BCUT2D eigenvalue weighted by molar-refractivity contribution is 7.15. The van der Waals surface area contributed by atoms with Gasteiger partial charge in [0.2, 0.25) is 5.13 Å². The zero-order valence-electron chi connectivity index (χ0n) is 14.1. The first-order valence-electron chi connectivity index (χ1n) is 8.04. The summed E-state index contributed by atoms with van der Waals surface area (Å²) >= 11 is 1.38. The number of hydrogen-bond donors (Lipinski definition) is 1. The molecule has 128 valence electrons. The Bertz CT molecular complexity index is 847. The predicted octanol–water partition coefficient (Wildman–Crippen LogP) is 4.35. The maximum absolute atomic E-state index is 12.1. The highest BCUT2D eigenvalue weighted by atomic mass is 32.1. The summed E-state index contributed by atoms with van der Waals surface area (Å²) in [6, 6.07) is 17.6. The number of aromatic nitrogens is 2. The number of carbonyl (C=O) groups is 1. The van der Waals surface area contributed by atoms with E-state index in [2.05, 4.69) is 15.5 Å². The van der Waals surface area contributed by atoms with E-state index in [9.17, 15) is 4.79 Å². The number of rotatable bonds is 6. The molecule has 3 rings (SSSR count). The summed E-state index contributed by atoms with van der Waals surface area (Å²) in [5.41, 5.74) is 2.00. The summed E-state index contributed by atoms with van der Waals surface area (Å²) in [6.07, 6.45) is 0. The fraction of sp³-hybridized carbons (Fsp3) is 0.211. The number of benzene rings is 2. The molecule has 0 spiro atoms. The lowest BCUT2D eigenvalue weighted by Gasteiger charge is -2.11. The van der Waals surface area contributed by atoms with Crippen LogP contribution in [-0.4, -0.2) is 22.7 Å². The Morgan fingerprint density at radius 3 is 2.52 bits per heavy atom. The molecule has 0 saturated carbocycles. The van der Waals surface area contributed by atoms with Crippen molar-refractivity contribution in [3.8, 4) is 16.9 Å². The fourth-order valence-electron chi connectivity index (χ4n) is 2.27. The topological polar surface area (TPSA) is 64.1 Å². The quantitative estimate of drug-likeness (QED) is 0.716. The summed E-state index contributed by atoms with van der Waals surface area (Å²) in [6.45, 7) is 3.99. The molecule has 0 saturated heterocycles. The molecule has 5 nitrogen and oxygen atoms in total. The van der Waals surface area contributed by atoms with Crippen molar-refractivity contribution in [2.45, 2.75) is 19.8 Å². The molecule has 0 radical (unpaired) electrons. The molecule has 1 N–H and O–H groups in total. The van der Waals surface area contributed by atoms with E-state index in [4.69, 9.17) is 4.74 Å². The molecule has 2 aromatic carbocycles. The molecule has 1 amide bonds. The van der Waals surface area contributed by atoms with Crippen LogP contribution >= 0.6 is 11.3 Å². The first-order chi connectivity index (χ1) is 12.1. The van der Waals surface area contributed by atoms with Crippen LogP contribution in [0.1, 0.15) is 24.8 Å². The van der Waals surface area contributed by atoms with Gasteiger partial charge in [0.05, 0.1) is 0 Å². The van der Waals surface area contributed by atoms with Gasteiger partial charge in [-0.05, 0) is 11.6 Å². The Labute approximate surface area is 150 Å². The van der Waals surface area contributed by atoms with Crippen LogP contribution in [-0.2, 0) is 4.79 Å². The van der Waals surface area contributed by atoms with E-state index in [0.29, 0.717) is 10.9 Å². The van der Waals surface area contributed by atoms with Crippen molar-refractivity contribution in [3.05, 3.63) is 59.6 Å². The second-order valence-corrected chi connectivity index (χ2v) is 6.81. The van der Waals surface area contributed by atoms with Gasteiger partial charge in [-0.3, -0.25) is 10.1 Å². The minimum absolute atomic E-state index is 0.0829. The van der Waals surface area contributed by atoms with Gasteiger partial charge >= 0.3 is 0 Å². The summed E-state index contributed by atoms with van der Waals surface area (Å²) in [5, 5.41) is 12.1. The van der Waals surface area contributed by atoms with Crippen molar-refractivity contribution >= 4 is 22.4 Å². The molecular formula is C19H19N3O2S. The maximum Gasteiger partial charge on any atom is 0.264 e.